The zero-order chi connectivity index (χ0) is 17.4. The van der Waals surface area contributed by atoms with Crippen molar-refractivity contribution < 1.29 is 14.3 Å². The first kappa shape index (κ1) is 16.0. The zero-order valence-electron chi connectivity index (χ0n) is 13.2. The molecule has 0 aliphatic heterocycles. The van der Waals surface area contributed by atoms with Gasteiger partial charge in [-0.1, -0.05) is 0 Å². The number of aromatic nitrogens is 4. The number of hydrogen-bond donors (Lipinski definition) is 1. The van der Waals surface area contributed by atoms with Crippen LogP contribution in [0, 0.1) is 6.92 Å². The van der Waals surface area contributed by atoms with Crippen molar-refractivity contribution in [2.75, 3.05) is 14.2 Å². The molecule has 2 N–H and O–H groups in total. The molecule has 9 heteroatoms. The molecule has 1 amide bonds. The first-order valence-corrected chi connectivity index (χ1v) is 7.29. The molecule has 3 rings (SSSR count). The lowest BCUT2D eigenvalue weighted by molar-refractivity contribution is 0.0999. The van der Waals surface area contributed by atoms with E-state index in [1.807, 2.05) is 0 Å². The van der Waals surface area contributed by atoms with Crippen LogP contribution in [0.2, 0.25) is 5.28 Å². The number of methoxy groups -OCH3 is 2. The summed E-state index contributed by atoms with van der Waals surface area (Å²) in [4.78, 5) is 20.2. The number of hydrogen-bond acceptors (Lipinski definition) is 6. The van der Waals surface area contributed by atoms with E-state index in [1.165, 1.54) is 11.6 Å². The van der Waals surface area contributed by atoms with Gasteiger partial charge in [-0.2, -0.15) is 9.50 Å². The Morgan fingerprint density at radius 3 is 2.54 bits per heavy atom. The van der Waals surface area contributed by atoms with Crippen LogP contribution in [0.15, 0.2) is 18.2 Å². The fraction of sp³-hybridized carbons (Fsp3) is 0.200. The van der Waals surface area contributed by atoms with Crippen molar-refractivity contribution in [2.24, 2.45) is 5.73 Å². The van der Waals surface area contributed by atoms with E-state index < -0.39 is 5.91 Å². The minimum Gasteiger partial charge on any atom is -0.493 e. The summed E-state index contributed by atoms with van der Waals surface area (Å²) >= 11 is 5.89. The first-order valence-electron chi connectivity index (χ1n) is 6.91. The number of carbonyl (C=O) groups is 1. The lowest BCUT2D eigenvalue weighted by Gasteiger charge is -2.13. The molecular weight excluding hydrogens is 334 g/mol. The summed E-state index contributed by atoms with van der Waals surface area (Å²) in [5, 5.41) is 4.12. The quantitative estimate of drug-likeness (QED) is 0.772. The zero-order valence-corrected chi connectivity index (χ0v) is 14.0. The Morgan fingerprint density at radius 1 is 1.21 bits per heavy atom. The molecule has 0 radical (unpaired) electrons. The monoisotopic (exact) mass is 347 g/mol. The number of fused-ring (bicyclic) bond motifs is 1. The minimum atomic E-state index is -0.627. The van der Waals surface area contributed by atoms with E-state index in [0.29, 0.717) is 28.5 Å². The Labute approximate surface area is 142 Å². The molecule has 124 valence electrons. The van der Waals surface area contributed by atoms with Gasteiger partial charge in [0.05, 0.1) is 31.2 Å². The maximum Gasteiger partial charge on any atom is 0.254 e. The predicted octanol–water partition coefficient (Wildman–Crippen LogP) is 1.87. The molecule has 0 bridgehead atoms. The smallest absolute Gasteiger partial charge is 0.254 e. The van der Waals surface area contributed by atoms with Crippen molar-refractivity contribution in [3.05, 3.63) is 34.7 Å². The molecule has 0 spiro atoms. The highest BCUT2D eigenvalue weighted by atomic mass is 35.5. The third kappa shape index (κ3) is 2.50. The van der Waals surface area contributed by atoms with Crippen LogP contribution in [0.25, 0.3) is 17.0 Å². The summed E-state index contributed by atoms with van der Waals surface area (Å²) in [5.74, 6) is 0.699. The van der Waals surface area contributed by atoms with E-state index in [9.17, 15) is 4.79 Å². The van der Waals surface area contributed by atoms with Gasteiger partial charge in [-0.05, 0) is 36.7 Å². The highest BCUT2D eigenvalue weighted by molar-refractivity contribution is 6.28. The van der Waals surface area contributed by atoms with Gasteiger partial charge in [0, 0.05) is 5.56 Å². The summed E-state index contributed by atoms with van der Waals surface area (Å²) in [7, 11) is 3.06. The normalized spacial score (nSPS) is 10.8. The first-order chi connectivity index (χ1) is 11.5. The van der Waals surface area contributed by atoms with Gasteiger partial charge in [0.2, 0.25) is 5.28 Å². The number of aryl methyl sites for hydroxylation is 1. The topological polar surface area (TPSA) is 105 Å². The molecule has 1 aromatic carbocycles. The molecule has 0 atom stereocenters. The standard InChI is InChI=1S/C15H14ClN5O3/c1-7-11(13(17)22)12(21-15(18-7)19-14(16)20-21)8-4-5-9(23-2)10(6-8)24-3/h4-6H,1-3H3,(H2,17,22). The lowest BCUT2D eigenvalue weighted by Crippen LogP contribution is -2.18. The van der Waals surface area contributed by atoms with E-state index in [2.05, 4.69) is 15.1 Å². The van der Waals surface area contributed by atoms with Crippen LogP contribution >= 0.6 is 11.6 Å². The van der Waals surface area contributed by atoms with Crippen LogP contribution in [0.5, 0.6) is 11.5 Å². The highest BCUT2D eigenvalue weighted by Crippen LogP contribution is 2.34. The Kier molecular flexibility index (Phi) is 3.98. The minimum absolute atomic E-state index is 0.0187. The fourth-order valence-electron chi connectivity index (χ4n) is 2.53. The van der Waals surface area contributed by atoms with Gasteiger partial charge in [-0.25, -0.2) is 4.98 Å². The predicted molar refractivity (Wildman–Crippen MR) is 87.6 cm³/mol. The molecule has 0 aliphatic rings. The summed E-state index contributed by atoms with van der Waals surface area (Å²) < 4.78 is 11.9. The number of halogens is 1. The van der Waals surface area contributed by atoms with Crippen LogP contribution in [0.3, 0.4) is 0 Å². The molecule has 2 heterocycles. The average molecular weight is 348 g/mol. The third-order valence-electron chi connectivity index (χ3n) is 3.55. The fourth-order valence-corrected chi connectivity index (χ4v) is 2.68. The largest absolute Gasteiger partial charge is 0.493 e. The molecule has 8 nitrogen and oxygen atoms in total. The Bertz CT molecular complexity index is 954. The van der Waals surface area contributed by atoms with Gasteiger partial charge in [0.1, 0.15) is 0 Å². The van der Waals surface area contributed by atoms with Gasteiger partial charge in [-0.3, -0.25) is 4.79 Å². The molecule has 0 saturated carbocycles. The van der Waals surface area contributed by atoms with Crippen LogP contribution in [0.1, 0.15) is 16.1 Å². The van der Waals surface area contributed by atoms with Crippen molar-refractivity contribution in [2.45, 2.75) is 6.92 Å². The molecule has 0 aliphatic carbocycles. The Hall–Kier alpha value is -2.87. The van der Waals surface area contributed by atoms with Crippen LogP contribution in [-0.4, -0.2) is 39.7 Å². The lowest BCUT2D eigenvalue weighted by atomic mass is 10.0. The van der Waals surface area contributed by atoms with Crippen molar-refractivity contribution in [3.63, 3.8) is 0 Å². The number of nitrogens with zero attached hydrogens (tertiary/aromatic N) is 4. The van der Waals surface area contributed by atoms with E-state index >= 15 is 0 Å². The van der Waals surface area contributed by atoms with Crippen molar-refractivity contribution in [1.29, 1.82) is 0 Å². The summed E-state index contributed by atoms with van der Waals surface area (Å²) in [6.45, 7) is 1.67. The Balaban J connectivity index is 2.39. The summed E-state index contributed by atoms with van der Waals surface area (Å²) in [6, 6.07) is 5.20. The number of ether oxygens (including phenoxy) is 2. The van der Waals surface area contributed by atoms with Gasteiger partial charge >= 0.3 is 0 Å². The maximum atomic E-state index is 12.0. The summed E-state index contributed by atoms with van der Waals surface area (Å²) in [6.07, 6.45) is 0. The molecule has 0 unspecified atom stereocenters. The second-order valence-corrected chi connectivity index (χ2v) is 5.29. The van der Waals surface area contributed by atoms with Crippen molar-refractivity contribution >= 4 is 23.3 Å². The second kappa shape index (κ2) is 5.97. The third-order valence-corrected chi connectivity index (χ3v) is 3.71. The molecule has 0 saturated heterocycles. The molecule has 24 heavy (non-hydrogen) atoms. The number of carbonyl (C=O) groups excluding carboxylic acids is 1. The van der Waals surface area contributed by atoms with Crippen LogP contribution < -0.4 is 15.2 Å². The summed E-state index contributed by atoms with van der Waals surface area (Å²) in [5.41, 5.74) is 7.29. The van der Waals surface area contributed by atoms with Gasteiger partial charge in [-0.15, -0.1) is 5.10 Å². The molecule has 0 fully saturated rings. The van der Waals surface area contributed by atoms with Crippen LogP contribution in [0.4, 0.5) is 0 Å². The number of nitrogens with two attached hydrogens (primary N) is 1. The molecule has 2 aromatic heterocycles. The number of rotatable bonds is 4. The number of primary amides is 1. The van der Waals surface area contributed by atoms with E-state index in [-0.39, 0.29) is 16.6 Å². The second-order valence-electron chi connectivity index (χ2n) is 4.95. The van der Waals surface area contributed by atoms with E-state index in [1.54, 1.807) is 32.2 Å². The van der Waals surface area contributed by atoms with Crippen LogP contribution in [-0.2, 0) is 0 Å². The average Bonchev–Trinajstić information content (AvgIpc) is 2.92. The van der Waals surface area contributed by atoms with E-state index in [0.717, 1.165) is 0 Å². The molecular formula is C15H14ClN5O3. The SMILES string of the molecule is COc1ccc(-c2c(C(N)=O)c(C)nc3nc(Cl)nn23)cc1OC. The van der Waals surface area contributed by atoms with E-state index in [4.69, 9.17) is 26.8 Å². The van der Waals surface area contributed by atoms with Crippen molar-refractivity contribution in [1.82, 2.24) is 19.6 Å². The van der Waals surface area contributed by atoms with Crippen molar-refractivity contribution in [3.8, 4) is 22.8 Å². The van der Waals surface area contributed by atoms with Gasteiger partial charge < -0.3 is 15.2 Å². The van der Waals surface area contributed by atoms with Gasteiger partial charge in [0.15, 0.2) is 11.5 Å². The van der Waals surface area contributed by atoms with Gasteiger partial charge in [0.25, 0.3) is 11.7 Å². The number of amides is 1. The Morgan fingerprint density at radius 2 is 1.92 bits per heavy atom. The number of benzene rings is 1. The molecule has 3 aromatic rings. The highest BCUT2D eigenvalue weighted by Gasteiger charge is 2.22. The maximum absolute atomic E-state index is 12.0.